The molecule has 0 saturated heterocycles. The molecule has 0 radical (unpaired) electrons. The Kier molecular flexibility index (Phi) is 9.35. The van der Waals surface area contributed by atoms with Gasteiger partial charge in [0.2, 0.25) is 0 Å². The van der Waals surface area contributed by atoms with Gasteiger partial charge in [-0.2, -0.15) is 25.6 Å². The molecule has 0 amide bonds. The van der Waals surface area contributed by atoms with Crippen molar-refractivity contribution in [1.82, 2.24) is 0 Å². The van der Waals surface area contributed by atoms with E-state index < -0.39 is 20.0 Å². The van der Waals surface area contributed by atoms with Crippen molar-refractivity contribution in [3.63, 3.8) is 0 Å². The van der Waals surface area contributed by atoms with Crippen LogP contribution in [0, 0.1) is 0 Å². The molecule has 0 N–H and O–H groups in total. The van der Waals surface area contributed by atoms with Gasteiger partial charge in [0.15, 0.2) is 0 Å². The Balaban J connectivity index is 1.76. The second kappa shape index (κ2) is 12.5. The fourth-order valence-electron chi connectivity index (χ4n) is 3.00. The first-order chi connectivity index (χ1) is 18.1. The van der Waals surface area contributed by atoms with Gasteiger partial charge in [-0.05, 0) is 70.1 Å². The van der Waals surface area contributed by atoms with Crippen LogP contribution >= 0.6 is 44.8 Å². The topological polar surface area (TPSA) is 93.0 Å². The molecule has 0 atom stereocenters. The average molecular weight is 622 g/mol. The molecule has 0 heterocycles. The lowest BCUT2D eigenvalue weighted by atomic mass is 10.2. The zero-order valence-electron chi connectivity index (χ0n) is 19.3. The molecule has 0 bridgehead atoms. The van der Waals surface area contributed by atoms with Crippen molar-refractivity contribution in [3.05, 3.63) is 130 Å². The molecule has 38 heavy (non-hydrogen) atoms. The fourth-order valence-corrected chi connectivity index (χ4v) is 8.17. The predicted molar refractivity (Wildman–Crippen MR) is 158 cm³/mol. The second-order valence-electron chi connectivity index (χ2n) is 7.55. The summed E-state index contributed by atoms with van der Waals surface area (Å²) < 4.78 is 60.4. The lowest BCUT2D eigenvalue weighted by Gasteiger charge is -2.10. The van der Waals surface area contributed by atoms with Crippen molar-refractivity contribution in [2.24, 2.45) is 8.80 Å². The third-order valence-electron chi connectivity index (χ3n) is 4.87. The van der Waals surface area contributed by atoms with Crippen molar-refractivity contribution in [2.75, 3.05) is 0 Å². The smallest absolute Gasteiger partial charge is 0.199 e. The largest absolute Gasteiger partial charge is 0.283 e. The highest BCUT2D eigenvalue weighted by Gasteiger charge is 2.20. The Labute approximate surface area is 239 Å². The van der Waals surface area contributed by atoms with E-state index in [0.717, 1.165) is 21.6 Å². The van der Waals surface area contributed by atoms with Gasteiger partial charge in [0.25, 0.3) is 20.0 Å². The van der Waals surface area contributed by atoms with Gasteiger partial charge in [0, 0.05) is 21.2 Å². The van der Waals surface area contributed by atoms with Crippen LogP contribution in [0.15, 0.2) is 128 Å². The summed E-state index contributed by atoms with van der Waals surface area (Å²) in [5.74, 6) is 0. The van der Waals surface area contributed by atoms with Crippen LogP contribution in [-0.4, -0.2) is 26.9 Å². The molecule has 4 rings (SSSR count). The Morgan fingerprint density at radius 1 is 0.500 bits per heavy atom. The molecule has 0 aliphatic heterocycles. The van der Waals surface area contributed by atoms with Gasteiger partial charge < -0.3 is 0 Å². The molecule has 0 saturated carbocycles. The highest BCUT2D eigenvalue weighted by atomic mass is 35.5. The van der Waals surface area contributed by atoms with Gasteiger partial charge in [0.05, 0.1) is 9.79 Å². The summed E-state index contributed by atoms with van der Waals surface area (Å²) in [5.41, 5.74) is 0.959. The first kappa shape index (κ1) is 28.4. The lowest BCUT2D eigenvalue weighted by molar-refractivity contribution is 0.596. The first-order valence-corrected chi connectivity index (χ1v) is 16.6. The first-order valence-electron chi connectivity index (χ1n) is 10.8. The van der Waals surface area contributed by atoms with E-state index >= 15 is 0 Å². The van der Waals surface area contributed by atoms with E-state index in [9.17, 15) is 16.8 Å². The quantitative estimate of drug-likeness (QED) is 0.127. The Morgan fingerprint density at radius 3 is 1.13 bits per heavy atom. The van der Waals surface area contributed by atoms with Crippen molar-refractivity contribution in [3.8, 4) is 0 Å². The molecule has 194 valence electrons. The molecule has 0 unspecified atom stereocenters. The monoisotopic (exact) mass is 620 g/mol. The number of halogens is 2. The number of nitrogens with zero attached hydrogens (tertiary/aromatic N) is 2. The predicted octanol–water partition coefficient (Wildman–Crippen LogP) is 7.35. The van der Waals surface area contributed by atoms with Gasteiger partial charge in [-0.15, -0.1) is 0 Å². The lowest BCUT2D eigenvalue weighted by Crippen LogP contribution is -2.05. The van der Waals surface area contributed by atoms with Crippen LogP contribution in [-0.2, 0) is 20.0 Å². The maximum atomic E-state index is 13.1. The number of hydrogen-bond acceptors (Lipinski definition) is 6. The highest BCUT2D eigenvalue weighted by molar-refractivity contribution is 8.87. The van der Waals surface area contributed by atoms with Gasteiger partial charge in [0.1, 0.15) is 10.1 Å². The summed E-state index contributed by atoms with van der Waals surface area (Å²) in [6, 6.07) is 28.6. The molecule has 0 aliphatic rings. The number of benzene rings is 4. The SMILES string of the molecule is O=S(=O)(N=C(SSC(=NS(=O)(=O)c1ccccc1)c1ccc(Cl)cc1)c1ccc(Cl)cc1)c1ccccc1. The summed E-state index contributed by atoms with van der Waals surface area (Å²) in [6.45, 7) is 0. The Morgan fingerprint density at radius 2 is 0.816 bits per heavy atom. The van der Waals surface area contributed by atoms with E-state index in [1.165, 1.54) is 24.3 Å². The summed E-state index contributed by atoms with van der Waals surface area (Å²) in [4.78, 5) is 0.0469. The molecule has 0 fully saturated rings. The minimum Gasteiger partial charge on any atom is -0.199 e. The molecule has 0 spiro atoms. The van der Waals surface area contributed by atoms with Crippen LogP contribution in [0.25, 0.3) is 0 Å². The minimum absolute atomic E-state index is 0.0234. The molecule has 4 aromatic rings. The van der Waals surface area contributed by atoms with E-state index in [1.54, 1.807) is 84.9 Å². The van der Waals surface area contributed by atoms with Gasteiger partial charge >= 0.3 is 0 Å². The van der Waals surface area contributed by atoms with Crippen LogP contribution in [0.2, 0.25) is 10.0 Å². The van der Waals surface area contributed by atoms with E-state index in [-0.39, 0.29) is 19.9 Å². The van der Waals surface area contributed by atoms with Crippen molar-refractivity contribution in [2.45, 2.75) is 9.79 Å². The fraction of sp³-hybridized carbons (Fsp3) is 0. The van der Waals surface area contributed by atoms with Crippen LogP contribution < -0.4 is 0 Å². The van der Waals surface area contributed by atoms with Crippen LogP contribution in [0.4, 0.5) is 0 Å². The molecule has 0 aromatic heterocycles. The number of hydrogen-bond donors (Lipinski definition) is 0. The van der Waals surface area contributed by atoms with Crippen LogP contribution in [0.3, 0.4) is 0 Å². The van der Waals surface area contributed by atoms with Crippen LogP contribution in [0.5, 0.6) is 0 Å². The molecule has 4 aromatic carbocycles. The highest BCUT2D eigenvalue weighted by Crippen LogP contribution is 2.34. The summed E-state index contributed by atoms with van der Waals surface area (Å²) in [6.07, 6.45) is 0. The third-order valence-corrected chi connectivity index (χ3v) is 10.4. The molecular formula is C26H18Cl2N2O4S4. The zero-order valence-corrected chi connectivity index (χ0v) is 24.1. The van der Waals surface area contributed by atoms with E-state index in [0.29, 0.717) is 21.2 Å². The number of rotatable bonds is 6. The molecule has 6 nitrogen and oxygen atoms in total. The van der Waals surface area contributed by atoms with Gasteiger partial charge in [-0.1, -0.05) is 83.9 Å². The second-order valence-corrected chi connectivity index (χ2v) is 13.7. The van der Waals surface area contributed by atoms with Gasteiger partial charge in [-0.3, -0.25) is 0 Å². The van der Waals surface area contributed by atoms with Crippen molar-refractivity contribution >= 4 is 74.9 Å². The standard InChI is InChI=1S/C26H18Cl2N2O4S4/c27-21-15-11-19(12-16-21)25(29-37(31,32)23-7-3-1-4-8-23)35-36-26(20-13-17-22(28)18-14-20)30-38(33,34)24-9-5-2-6-10-24/h1-18H. The maximum Gasteiger partial charge on any atom is 0.283 e. The maximum absolute atomic E-state index is 13.1. The zero-order chi connectivity index (χ0) is 27.2. The van der Waals surface area contributed by atoms with Crippen LogP contribution in [0.1, 0.15) is 11.1 Å². The third kappa shape index (κ3) is 7.49. The van der Waals surface area contributed by atoms with Crippen molar-refractivity contribution in [1.29, 1.82) is 0 Å². The van der Waals surface area contributed by atoms with E-state index in [4.69, 9.17) is 23.2 Å². The normalized spacial score (nSPS) is 12.9. The van der Waals surface area contributed by atoms with Crippen molar-refractivity contribution < 1.29 is 16.8 Å². The average Bonchev–Trinajstić information content (AvgIpc) is 2.92. The van der Waals surface area contributed by atoms with E-state index in [2.05, 4.69) is 8.80 Å². The number of sulfonamides is 2. The summed E-state index contributed by atoms with van der Waals surface area (Å²) in [5, 5.41) is 1.17. The summed E-state index contributed by atoms with van der Waals surface area (Å²) in [7, 11) is -6.22. The van der Waals surface area contributed by atoms with E-state index in [1.807, 2.05) is 0 Å². The van der Waals surface area contributed by atoms with Gasteiger partial charge in [-0.25, -0.2) is 0 Å². The Bertz CT molecular complexity index is 1550. The molecule has 12 heteroatoms. The minimum atomic E-state index is -4.07. The molecule has 0 aliphatic carbocycles. The Hall–Kier alpha value is -2.60. The summed E-state index contributed by atoms with van der Waals surface area (Å²) >= 11 is 12.1. The molecular weight excluding hydrogens is 603 g/mol.